The zero-order chi connectivity index (χ0) is 23.9. The lowest BCUT2D eigenvalue weighted by Gasteiger charge is -2.33. The lowest BCUT2D eigenvalue weighted by Crippen LogP contribution is -2.52. The Morgan fingerprint density at radius 3 is 2.22 bits per heavy atom. The third-order valence-electron chi connectivity index (χ3n) is 5.13. The average molecular weight is 571 g/mol. The van der Waals surface area contributed by atoms with Crippen LogP contribution >= 0.6 is 22.6 Å². The van der Waals surface area contributed by atoms with Crippen LogP contribution in [0.15, 0.2) is 48.5 Å². The molecule has 0 saturated carbocycles. The highest BCUT2D eigenvalue weighted by atomic mass is 127. The molecular formula is C23H30IN3O4S. The summed E-state index contributed by atoms with van der Waals surface area (Å²) in [5.74, 6) is -0.688. The van der Waals surface area contributed by atoms with Crippen molar-refractivity contribution in [2.75, 3.05) is 23.7 Å². The summed E-state index contributed by atoms with van der Waals surface area (Å²) in [4.78, 5) is 27.7. The summed E-state index contributed by atoms with van der Waals surface area (Å²) in [7, 11) is -3.72. The van der Waals surface area contributed by atoms with E-state index in [1.165, 1.54) is 4.90 Å². The second kappa shape index (κ2) is 11.6. The number of nitrogens with zero attached hydrogens (tertiary/aromatic N) is 2. The molecule has 0 saturated heterocycles. The Labute approximate surface area is 204 Å². The Kier molecular flexibility index (Phi) is 9.50. The summed E-state index contributed by atoms with van der Waals surface area (Å²) in [5, 5.41) is 2.79. The molecule has 2 aromatic carbocycles. The Hall–Kier alpha value is -2.14. The van der Waals surface area contributed by atoms with E-state index in [9.17, 15) is 18.0 Å². The van der Waals surface area contributed by atoms with Crippen molar-refractivity contribution in [1.82, 2.24) is 10.2 Å². The second-order valence-corrected chi connectivity index (χ2v) is 10.7. The number of likely N-dealkylation sites (N-methyl/N-ethyl adjacent to an activating group) is 1. The summed E-state index contributed by atoms with van der Waals surface area (Å²) in [6.45, 7) is 5.87. The molecule has 32 heavy (non-hydrogen) atoms. The predicted molar refractivity (Wildman–Crippen MR) is 136 cm³/mol. The molecule has 2 aromatic rings. The fourth-order valence-corrected chi connectivity index (χ4v) is 4.61. The topological polar surface area (TPSA) is 86.8 Å². The fraction of sp³-hybridized carbons (Fsp3) is 0.391. The molecule has 1 atom stereocenters. The number of nitrogens with one attached hydrogen (secondary N) is 1. The van der Waals surface area contributed by atoms with Crippen molar-refractivity contribution < 1.29 is 18.0 Å². The van der Waals surface area contributed by atoms with E-state index in [-0.39, 0.29) is 19.0 Å². The lowest BCUT2D eigenvalue weighted by atomic mass is 10.1. The number of hydrogen-bond acceptors (Lipinski definition) is 4. The van der Waals surface area contributed by atoms with Crippen molar-refractivity contribution in [1.29, 1.82) is 0 Å². The van der Waals surface area contributed by atoms with E-state index in [1.54, 1.807) is 24.3 Å². The van der Waals surface area contributed by atoms with Gasteiger partial charge in [-0.05, 0) is 78.3 Å². The largest absolute Gasteiger partial charge is 0.355 e. The minimum Gasteiger partial charge on any atom is -0.355 e. The summed E-state index contributed by atoms with van der Waals surface area (Å²) in [5.41, 5.74) is 2.31. The molecule has 0 bridgehead atoms. The highest BCUT2D eigenvalue weighted by Gasteiger charge is 2.31. The van der Waals surface area contributed by atoms with Gasteiger partial charge in [0.15, 0.2) is 0 Å². The highest BCUT2D eigenvalue weighted by molar-refractivity contribution is 14.1. The van der Waals surface area contributed by atoms with Crippen molar-refractivity contribution in [2.45, 2.75) is 39.8 Å². The highest BCUT2D eigenvalue weighted by Crippen LogP contribution is 2.21. The van der Waals surface area contributed by atoms with E-state index in [2.05, 4.69) is 27.9 Å². The second-order valence-electron chi connectivity index (χ2n) is 7.51. The van der Waals surface area contributed by atoms with Crippen LogP contribution in [0.25, 0.3) is 0 Å². The van der Waals surface area contributed by atoms with Crippen LogP contribution in [0.4, 0.5) is 5.69 Å². The predicted octanol–water partition coefficient (Wildman–Crippen LogP) is 3.31. The first kappa shape index (κ1) is 26.1. The van der Waals surface area contributed by atoms with Gasteiger partial charge in [0.1, 0.15) is 12.6 Å². The van der Waals surface area contributed by atoms with Crippen molar-refractivity contribution in [3.63, 3.8) is 0 Å². The number of amides is 2. The van der Waals surface area contributed by atoms with E-state index in [0.717, 1.165) is 25.3 Å². The maximum Gasteiger partial charge on any atom is 0.244 e. The van der Waals surface area contributed by atoms with Gasteiger partial charge in [-0.2, -0.15) is 0 Å². The molecule has 2 amide bonds. The van der Waals surface area contributed by atoms with Crippen LogP contribution in [-0.2, 0) is 26.2 Å². The first-order valence-electron chi connectivity index (χ1n) is 10.4. The van der Waals surface area contributed by atoms with Crippen molar-refractivity contribution >= 4 is 50.1 Å². The van der Waals surface area contributed by atoms with Crippen molar-refractivity contribution in [2.24, 2.45) is 0 Å². The molecule has 0 aliphatic rings. The van der Waals surface area contributed by atoms with Crippen LogP contribution in [0.2, 0.25) is 0 Å². The molecule has 2 rings (SSSR count). The van der Waals surface area contributed by atoms with Gasteiger partial charge in [0.25, 0.3) is 0 Å². The summed E-state index contributed by atoms with van der Waals surface area (Å²) >= 11 is 2.13. The number of sulfonamides is 1. The number of carbonyl (C=O) groups is 2. The molecule has 9 heteroatoms. The first-order chi connectivity index (χ1) is 15.1. The molecular weight excluding hydrogens is 541 g/mol. The van der Waals surface area contributed by atoms with Gasteiger partial charge in [-0.1, -0.05) is 31.2 Å². The van der Waals surface area contributed by atoms with Gasteiger partial charge < -0.3 is 10.2 Å². The minimum atomic E-state index is -3.72. The van der Waals surface area contributed by atoms with E-state index < -0.39 is 22.0 Å². The number of rotatable bonds is 10. The maximum absolute atomic E-state index is 13.5. The molecule has 1 N–H and O–H groups in total. The average Bonchev–Trinajstić information content (AvgIpc) is 2.73. The molecule has 174 valence electrons. The molecule has 0 aliphatic carbocycles. The smallest absolute Gasteiger partial charge is 0.244 e. The van der Waals surface area contributed by atoms with Crippen LogP contribution in [0.5, 0.6) is 0 Å². The molecule has 0 fully saturated rings. The third kappa shape index (κ3) is 6.93. The zero-order valence-electron chi connectivity index (χ0n) is 18.8. The number of hydrogen-bond donors (Lipinski definition) is 1. The monoisotopic (exact) mass is 571 g/mol. The number of anilines is 1. The summed E-state index contributed by atoms with van der Waals surface area (Å²) in [6.07, 6.45) is 1.48. The van der Waals surface area contributed by atoms with E-state index in [4.69, 9.17) is 0 Å². The number of carbonyl (C=O) groups excluding carboxylic acids is 2. The van der Waals surface area contributed by atoms with Gasteiger partial charge >= 0.3 is 0 Å². The van der Waals surface area contributed by atoms with E-state index >= 15 is 0 Å². The van der Waals surface area contributed by atoms with Crippen LogP contribution < -0.4 is 9.62 Å². The molecule has 0 aliphatic heterocycles. The maximum atomic E-state index is 13.5. The van der Waals surface area contributed by atoms with Gasteiger partial charge in [0, 0.05) is 16.7 Å². The van der Waals surface area contributed by atoms with Gasteiger partial charge in [-0.15, -0.1) is 0 Å². The summed E-state index contributed by atoms with van der Waals surface area (Å²) < 4.78 is 27.1. The first-order valence-corrected chi connectivity index (χ1v) is 13.4. The molecule has 0 aromatic heterocycles. The van der Waals surface area contributed by atoms with Crippen LogP contribution in [0.1, 0.15) is 31.4 Å². The number of benzene rings is 2. The Bertz CT molecular complexity index is 1040. The molecule has 0 radical (unpaired) electrons. The minimum absolute atomic E-state index is 0.214. The molecule has 7 nitrogen and oxygen atoms in total. The number of halogens is 1. The van der Waals surface area contributed by atoms with Gasteiger partial charge in [-0.3, -0.25) is 13.9 Å². The van der Waals surface area contributed by atoms with Crippen LogP contribution in [0, 0.1) is 10.5 Å². The van der Waals surface area contributed by atoms with Gasteiger partial charge in [0.05, 0.1) is 11.9 Å². The van der Waals surface area contributed by atoms with Crippen molar-refractivity contribution in [3.05, 3.63) is 63.2 Å². The molecule has 0 spiro atoms. The Morgan fingerprint density at radius 2 is 1.69 bits per heavy atom. The molecule has 0 unspecified atom stereocenters. The Balaban J connectivity index is 2.43. The van der Waals surface area contributed by atoms with Gasteiger partial charge in [-0.25, -0.2) is 8.42 Å². The fourth-order valence-electron chi connectivity index (χ4n) is 3.40. The third-order valence-corrected chi connectivity index (χ3v) is 6.99. The Morgan fingerprint density at radius 1 is 1.06 bits per heavy atom. The van der Waals surface area contributed by atoms with E-state index in [1.807, 2.05) is 45.0 Å². The number of aryl methyl sites for hydroxylation is 1. The molecule has 0 heterocycles. The lowest BCUT2D eigenvalue weighted by molar-refractivity contribution is -0.140. The van der Waals surface area contributed by atoms with Crippen molar-refractivity contribution in [3.8, 4) is 0 Å². The van der Waals surface area contributed by atoms with Crippen LogP contribution in [0.3, 0.4) is 0 Å². The quantitative estimate of drug-likeness (QED) is 0.444. The summed E-state index contributed by atoms with van der Waals surface area (Å²) in [6, 6.07) is 13.8. The zero-order valence-corrected chi connectivity index (χ0v) is 21.8. The van der Waals surface area contributed by atoms with Gasteiger partial charge in [0.2, 0.25) is 21.8 Å². The van der Waals surface area contributed by atoms with E-state index in [0.29, 0.717) is 18.7 Å². The van der Waals surface area contributed by atoms with Crippen LogP contribution in [-0.4, -0.2) is 50.5 Å². The SMILES string of the molecule is CCNC(=O)[C@H](CC)N(Cc1ccccc1C)C(=O)CN(c1ccc(I)cc1)S(C)(=O)=O. The normalized spacial score (nSPS) is 12.2. The standard InChI is InChI=1S/C23H30IN3O4S/c1-5-21(23(29)25-6-2)26(15-18-10-8-7-9-17(18)3)22(28)16-27(32(4,30)31)20-13-11-19(24)12-14-20/h7-14,21H,5-6,15-16H2,1-4H3,(H,25,29)/t21-/m0/s1.